The van der Waals surface area contributed by atoms with Gasteiger partial charge in [0.15, 0.2) is 29.6 Å². The Balaban J connectivity index is 1.46. The summed E-state index contributed by atoms with van der Waals surface area (Å²) in [6.45, 7) is 1.54. The monoisotopic (exact) mass is 438 g/mol. The van der Waals surface area contributed by atoms with Crippen LogP contribution in [0.5, 0.6) is 23.0 Å². The highest BCUT2D eigenvalue weighted by molar-refractivity contribution is 5.92. The van der Waals surface area contributed by atoms with E-state index in [1.54, 1.807) is 30.4 Å². The van der Waals surface area contributed by atoms with E-state index in [2.05, 4.69) is 0 Å². The van der Waals surface area contributed by atoms with Gasteiger partial charge in [0.25, 0.3) is 5.91 Å². The van der Waals surface area contributed by atoms with Gasteiger partial charge in [0.1, 0.15) is 13.2 Å². The van der Waals surface area contributed by atoms with Crippen LogP contribution in [0.2, 0.25) is 0 Å². The minimum absolute atomic E-state index is 0.00193. The van der Waals surface area contributed by atoms with E-state index in [1.165, 1.54) is 7.11 Å². The lowest BCUT2D eigenvalue weighted by molar-refractivity contribution is -0.126. The Kier molecular flexibility index (Phi) is 6.49. The highest BCUT2D eigenvalue weighted by Gasteiger charge is 2.29. The Hall–Kier alpha value is -3.68. The average Bonchev–Trinajstić information content (AvgIpc) is 3.31. The molecule has 1 atom stereocenters. The number of hydrogen-bond acceptors (Lipinski definition) is 6. The third kappa shape index (κ3) is 4.80. The second kappa shape index (κ2) is 9.64. The number of nitrogens with two attached hydrogens (primary N) is 1. The Morgan fingerprint density at radius 3 is 2.72 bits per heavy atom. The summed E-state index contributed by atoms with van der Waals surface area (Å²) in [5.41, 5.74) is 6.94. The highest BCUT2D eigenvalue weighted by atomic mass is 16.6. The van der Waals surface area contributed by atoms with Gasteiger partial charge in [0.2, 0.25) is 5.91 Å². The van der Waals surface area contributed by atoms with Crippen LogP contribution in [0.4, 0.5) is 0 Å². The third-order valence-corrected chi connectivity index (χ3v) is 5.46. The first kappa shape index (κ1) is 21.5. The third-order valence-electron chi connectivity index (χ3n) is 5.46. The number of carbonyl (C=O) groups excluding carboxylic acids is 2. The topological polar surface area (TPSA) is 100 Å². The molecule has 168 valence electrons. The first-order valence-corrected chi connectivity index (χ1v) is 10.5. The molecule has 2 aliphatic rings. The van der Waals surface area contributed by atoms with Crippen LogP contribution in [-0.2, 0) is 9.59 Å². The van der Waals surface area contributed by atoms with Gasteiger partial charge in [-0.3, -0.25) is 9.59 Å². The molecule has 2 amide bonds. The van der Waals surface area contributed by atoms with Crippen LogP contribution in [0, 0.1) is 0 Å². The van der Waals surface area contributed by atoms with Crippen molar-refractivity contribution in [2.45, 2.75) is 18.9 Å². The van der Waals surface area contributed by atoms with E-state index in [0.717, 1.165) is 35.5 Å². The molecule has 2 heterocycles. The number of methoxy groups -OCH3 is 1. The molecule has 0 aliphatic carbocycles. The van der Waals surface area contributed by atoms with Crippen LogP contribution in [-0.4, -0.2) is 50.2 Å². The van der Waals surface area contributed by atoms with Crippen molar-refractivity contribution in [1.29, 1.82) is 0 Å². The molecule has 8 nitrogen and oxygen atoms in total. The maximum Gasteiger partial charge on any atom is 0.255 e. The van der Waals surface area contributed by atoms with Crippen LogP contribution in [0.1, 0.15) is 30.0 Å². The van der Waals surface area contributed by atoms with Gasteiger partial charge in [-0.2, -0.15) is 0 Å². The van der Waals surface area contributed by atoms with Crippen molar-refractivity contribution in [3.63, 3.8) is 0 Å². The Morgan fingerprint density at radius 2 is 1.94 bits per heavy atom. The quantitative estimate of drug-likeness (QED) is 0.667. The lowest BCUT2D eigenvalue weighted by Gasteiger charge is -2.26. The SMILES string of the molecule is COc1cc(/C=C/C(=O)N2CCCC2c2ccc3c(c2)OCCO3)ccc1OCC(N)=O. The number of benzene rings is 2. The van der Waals surface area contributed by atoms with Gasteiger partial charge in [-0.25, -0.2) is 0 Å². The van der Waals surface area contributed by atoms with Crippen molar-refractivity contribution in [3.05, 3.63) is 53.6 Å². The van der Waals surface area contributed by atoms with E-state index in [4.69, 9.17) is 24.7 Å². The molecule has 1 saturated heterocycles. The molecule has 1 fully saturated rings. The molecule has 32 heavy (non-hydrogen) atoms. The number of nitrogens with zero attached hydrogens (tertiary/aromatic N) is 1. The molecule has 0 aromatic heterocycles. The zero-order valence-corrected chi connectivity index (χ0v) is 17.9. The fourth-order valence-electron chi connectivity index (χ4n) is 3.96. The predicted molar refractivity (Wildman–Crippen MR) is 118 cm³/mol. The highest BCUT2D eigenvalue weighted by Crippen LogP contribution is 2.38. The minimum Gasteiger partial charge on any atom is -0.493 e. The molecule has 0 bridgehead atoms. The van der Waals surface area contributed by atoms with Crippen LogP contribution in [0.15, 0.2) is 42.5 Å². The molecule has 2 aromatic carbocycles. The van der Waals surface area contributed by atoms with Crippen molar-refractivity contribution >= 4 is 17.9 Å². The summed E-state index contributed by atoms with van der Waals surface area (Å²) in [7, 11) is 1.51. The molecule has 1 unspecified atom stereocenters. The lowest BCUT2D eigenvalue weighted by atomic mass is 10.0. The van der Waals surface area contributed by atoms with Crippen LogP contribution in [0.3, 0.4) is 0 Å². The van der Waals surface area contributed by atoms with Gasteiger partial charge in [-0.05, 0) is 54.3 Å². The number of rotatable bonds is 7. The zero-order chi connectivity index (χ0) is 22.5. The standard InChI is InChI=1S/C24H26N2O6/c1-29-21-13-16(4-7-19(21)32-15-23(25)27)5-9-24(28)26-10-2-3-18(26)17-6-8-20-22(14-17)31-12-11-30-20/h4-9,13-14,18H,2-3,10-12,15H2,1H3,(H2,25,27)/b9-5+. The molecule has 0 radical (unpaired) electrons. The number of primary amides is 1. The summed E-state index contributed by atoms with van der Waals surface area (Å²) in [4.78, 5) is 25.8. The van der Waals surface area contributed by atoms with E-state index in [-0.39, 0.29) is 18.6 Å². The molecule has 0 saturated carbocycles. The summed E-state index contributed by atoms with van der Waals surface area (Å²) in [6.07, 6.45) is 5.15. The summed E-state index contributed by atoms with van der Waals surface area (Å²) in [6, 6.07) is 11.1. The summed E-state index contributed by atoms with van der Waals surface area (Å²) >= 11 is 0. The summed E-state index contributed by atoms with van der Waals surface area (Å²) in [5, 5.41) is 0. The first-order chi connectivity index (χ1) is 15.5. The molecule has 0 spiro atoms. The molecule has 2 N–H and O–H groups in total. The summed E-state index contributed by atoms with van der Waals surface area (Å²) < 4.78 is 21.9. The predicted octanol–water partition coefficient (Wildman–Crippen LogP) is 2.71. The molecular formula is C24H26N2O6. The lowest BCUT2D eigenvalue weighted by Crippen LogP contribution is -2.29. The van der Waals surface area contributed by atoms with E-state index in [1.807, 2.05) is 23.1 Å². The second-order valence-electron chi connectivity index (χ2n) is 7.59. The van der Waals surface area contributed by atoms with Gasteiger partial charge in [-0.1, -0.05) is 12.1 Å². The molecule has 8 heteroatoms. The minimum atomic E-state index is -0.570. The van der Waals surface area contributed by atoms with Gasteiger partial charge >= 0.3 is 0 Å². The molecular weight excluding hydrogens is 412 g/mol. The number of ether oxygens (including phenoxy) is 4. The fraction of sp³-hybridized carbons (Fsp3) is 0.333. The number of fused-ring (bicyclic) bond motifs is 1. The van der Waals surface area contributed by atoms with Gasteiger partial charge < -0.3 is 29.6 Å². The van der Waals surface area contributed by atoms with Gasteiger partial charge in [0.05, 0.1) is 13.2 Å². The zero-order valence-electron chi connectivity index (χ0n) is 17.9. The normalized spacial score (nSPS) is 17.4. The Bertz CT molecular complexity index is 1040. The Morgan fingerprint density at radius 1 is 1.12 bits per heavy atom. The van der Waals surface area contributed by atoms with E-state index < -0.39 is 5.91 Å². The van der Waals surface area contributed by atoms with Crippen LogP contribution in [0.25, 0.3) is 6.08 Å². The van der Waals surface area contributed by atoms with Gasteiger partial charge in [-0.15, -0.1) is 0 Å². The van der Waals surface area contributed by atoms with Crippen LogP contribution >= 0.6 is 0 Å². The number of carbonyl (C=O) groups is 2. The smallest absolute Gasteiger partial charge is 0.255 e. The van der Waals surface area contributed by atoms with E-state index in [9.17, 15) is 9.59 Å². The number of amides is 2. The second-order valence-corrected chi connectivity index (χ2v) is 7.59. The van der Waals surface area contributed by atoms with E-state index >= 15 is 0 Å². The van der Waals surface area contributed by atoms with E-state index in [0.29, 0.717) is 31.3 Å². The van der Waals surface area contributed by atoms with Crippen LogP contribution < -0.4 is 24.7 Å². The fourth-order valence-corrected chi connectivity index (χ4v) is 3.96. The molecule has 2 aromatic rings. The Labute approximate surface area is 186 Å². The number of hydrogen-bond donors (Lipinski definition) is 1. The van der Waals surface area contributed by atoms with Crippen molar-refractivity contribution < 1.29 is 28.5 Å². The summed E-state index contributed by atoms with van der Waals surface area (Å²) in [5.74, 6) is 1.71. The van der Waals surface area contributed by atoms with Gasteiger partial charge in [0, 0.05) is 12.6 Å². The van der Waals surface area contributed by atoms with Crippen molar-refractivity contribution in [2.24, 2.45) is 5.73 Å². The largest absolute Gasteiger partial charge is 0.493 e. The maximum absolute atomic E-state index is 13.0. The first-order valence-electron chi connectivity index (χ1n) is 10.5. The molecule has 2 aliphatic heterocycles. The van der Waals surface area contributed by atoms with Crippen molar-refractivity contribution in [1.82, 2.24) is 4.90 Å². The van der Waals surface area contributed by atoms with Crippen molar-refractivity contribution in [2.75, 3.05) is 33.5 Å². The van der Waals surface area contributed by atoms with Crippen molar-refractivity contribution in [3.8, 4) is 23.0 Å². The average molecular weight is 438 g/mol. The maximum atomic E-state index is 13.0. The number of likely N-dealkylation sites (tertiary alicyclic amines) is 1. The molecule has 4 rings (SSSR count).